The number of halogens is 1. The Balaban J connectivity index is 3.16. The van der Waals surface area contributed by atoms with Crippen LogP contribution in [0.15, 0.2) is 22.7 Å². The molecule has 0 radical (unpaired) electrons. The third-order valence-corrected chi connectivity index (χ3v) is 3.78. The number of nitro groups is 1. The van der Waals surface area contributed by atoms with Gasteiger partial charge >= 0.3 is 0 Å². The topological polar surface area (TPSA) is 83.7 Å². The van der Waals surface area contributed by atoms with Crippen LogP contribution in [0.5, 0.6) is 0 Å². The summed E-state index contributed by atoms with van der Waals surface area (Å²) in [5, 5.41) is 20.0. The fraction of sp³-hybridized carbons (Fsp3) is 0.500. The first kappa shape index (κ1) is 17.6. The molecule has 0 fully saturated rings. The molecule has 7 heteroatoms. The van der Waals surface area contributed by atoms with Gasteiger partial charge in [-0.15, -0.1) is 0 Å². The van der Waals surface area contributed by atoms with Crippen LogP contribution in [0.1, 0.15) is 37.0 Å². The fourth-order valence-corrected chi connectivity index (χ4v) is 2.74. The Morgan fingerprint density at radius 3 is 2.48 bits per heavy atom. The molecule has 0 aliphatic heterocycles. The predicted molar refractivity (Wildman–Crippen MR) is 83.3 cm³/mol. The average molecular weight is 359 g/mol. The number of hydrogen-bond donors (Lipinski definition) is 1. The van der Waals surface area contributed by atoms with Gasteiger partial charge in [0.25, 0.3) is 11.6 Å². The van der Waals surface area contributed by atoms with E-state index in [0.29, 0.717) is 4.47 Å². The van der Waals surface area contributed by atoms with Gasteiger partial charge in [0.05, 0.1) is 11.5 Å². The van der Waals surface area contributed by atoms with Crippen LogP contribution < -0.4 is 0 Å². The summed E-state index contributed by atoms with van der Waals surface area (Å²) in [5.41, 5.74) is 0.109. The van der Waals surface area contributed by atoms with Crippen molar-refractivity contribution in [2.24, 2.45) is 0 Å². The Hall–Kier alpha value is -1.47. The zero-order valence-electron chi connectivity index (χ0n) is 12.1. The van der Waals surface area contributed by atoms with E-state index in [2.05, 4.69) is 15.9 Å². The van der Waals surface area contributed by atoms with Crippen LogP contribution in [0.25, 0.3) is 0 Å². The van der Waals surface area contributed by atoms with Crippen molar-refractivity contribution >= 4 is 27.5 Å². The Morgan fingerprint density at radius 1 is 1.38 bits per heavy atom. The van der Waals surface area contributed by atoms with Gasteiger partial charge in [-0.05, 0) is 18.9 Å². The molecule has 116 valence electrons. The van der Waals surface area contributed by atoms with Crippen LogP contribution in [0, 0.1) is 10.1 Å². The van der Waals surface area contributed by atoms with Gasteiger partial charge in [-0.1, -0.05) is 29.8 Å². The second kappa shape index (κ2) is 8.09. The van der Waals surface area contributed by atoms with Gasteiger partial charge in [-0.2, -0.15) is 0 Å². The summed E-state index contributed by atoms with van der Waals surface area (Å²) in [6.07, 6.45) is 1.52. The second-order valence-electron chi connectivity index (χ2n) is 4.65. The Kier molecular flexibility index (Phi) is 6.77. The number of benzene rings is 1. The number of aliphatic hydroxyl groups excluding tert-OH is 1. The minimum atomic E-state index is -0.533. The molecule has 1 aromatic rings. The van der Waals surface area contributed by atoms with Gasteiger partial charge in [-0.25, -0.2) is 0 Å². The summed E-state index contributed by atoms with van der Waals surface area (Å²) in [4.78, 5) is 24.5. The summed E-state index contributed by atoms with van der Waals surface area (Å²) in [5.74, 6) is -0.304. The van der Waals surface area contributed by atoms with E-state index >= 15 is 0 Å². The van der Waals surface area contributed by atoms with Crippen molar-refractivity contribution in [1.29, 1.82) is 0 Å². The smallest absolute Gasteiger partial charge is 0.271 e. The molecular weight excluding hydrogens is 340 g/mol. The van der Waals surface area contributed by atoms with E-state index in [4.69, 9.17) is 5.11 Å². The van der Waals surface area contributed by atoms with Crippen molar-refractivity contribution < 1.29 is 14.8 Å². The molecule has 0 saturated heterocycles. The fourth-order valence-electron chi connectivity index (χ4n) is 2.26. The minimum Gasteiger partial charge on any atom is -0.395 e. The lowest BCUT2D eigenvalue weighted by Gasteiger charge is -2.30. The van der Waals surface area contributed by atoms with Crippen molar-refractivity contribution in [1.82, 2.24) is 4.90 Å². The zero-order chi connectivity index (χ0) is 16.0. The van der Waals surface area contributed by atoms with Gasteiger partial charge in [0.1, 0.15) is 0 Å². The summed E-state index contributed by atoms with van der Waals surface area (Å²) < 4.78 is 0.480. The molecule has 0 aliphatic rings. The van der Waals surface area contributed by atoms with E-state index in [1.165, 1.54) is 12.1 Å². The molecule has 1 rings (SSSR count). The third-order valence-electron chi connectivity index (χ3n) is 3.33. The van der Waals surface area contributed by atoms with E-state index in [1.807, 2.05) is 13.8 Å². The highest BCUT2D eigenvalue weighted by Gasteiger charge is 2.23. The first-order valence-corrected chi connectivity index (χ1v) is 7.60. The Bertz CT molecular complexity index is 518. The number of non-ortho nitro benzene ring substituents is 1. The van der Waals surface area contributed by atoms with Crippen molar-refractivity contribution in [2.45, 2.75) is 32.7 Å². The van der Waals surface area contributed by atoms with Gasteiger partial charge < -0.3 is 10.0 Å². The summed E-state index contributed by atoms with van der Waals surface area (Å²) in [6, 6.07) is 4.18. The van der Waals surface area contributed by atoms with Crippen LogP contribution in [-0.2, 0) is 0 Å². The first-order valence-electron chi connectivity index (χ1n) is 6.81. The van der Waals surface area contributed by atoms with Gasteiger partial charge in [0.2, 0.25) is 0 Å². The van der Waals surface area contributed by atoms with E-state index in [0.717, 1.165) is 12.8 Å². The molecular formula is C14H19BrN2O4. The molecule has 0 bridgehead atoms. The standard InChI is InChI=1S/C14H19BrN2O4/c1-3-12(4-2)16(5-6-18)14(19)10-7-11(15)9-13(8-10)17(20)21/h7-9,12,18H,3-6H2,1-2H3. The maximum atomic E-state index is 12.6. The van der Waals surface area contributed by atoms with Crippen LogP contribution in [0.3, 0.4) is 0 Å². The minimum absolute atomic E-state index is 0.00249. The predicted octanol–water partition coefficient (Wildman–Crippen LogP) is 2.98. The number of nitro benzene ring substituents is 1. The van der Waals surface area contributed by atoms with Crippen LogP contribution in [0.2, 0.25) is 0 Å². The van der Waals surface area contributed by atoms with Crippen molar-refractivity contribution in [3.8, 4) is 0 Å². The first-order chi connectivity index (χ1) is 9.94. The SMILES string of the molecule is CCC(CC)N(CCO)C(=O)c1cc(Br)cc([N+](=O)[O-])c1. The molecule has 0 spiro atoms. The largest absolute Gasteiger partial charge is 0.395 e. The lowest BCUT2D eigenvalue weighted by Crippen LogP contribution is -2.41. The Morgan fingerprint density at radius 2 is 2.00 bits per heavy atom. The number of aliphatic hydroxyl groups is 1. The normalized spacial score (nSPS) is 10.7. The number of amides is 1. The highest BCUT2D eigenvalue weighted by Crippen LogP contribution is 2.23. The molecule has 0 aromatic heterocycles. The zero-order valence-corrected chi connectivity index (χ0v) is 13.7. The van der Waals surface area contributed by atoms with E-state index in [-0.39, 0.29) is 36.4 Å². The lowest BCUT2D eigenvalue weighted by molar-refractivity contribution is -0.385. The molecule has 0 unspecified atom stereocenters. The molecule has 0 saturated carbocycles. The second-order valence-corrected chi connectivity index (χ2v) is 5.56. The average Bonchev–Trinajstić information content (AvgIpc) is 2.46. The summed E-state index contributed by atoms with van der Waals surface area (Å²) in [7, 11) is 0. The molecule has 0 aliphatic carbocycles. The van der Waals surface area contributed by atoms with Crippen molar-refractivity contribution in [3.05, 3.63) is 38.3 Å². The van der Waals surface area contributed by atoms with Crippen molar-refractivity contribution in [2.75, 3.05) is 13.2 Å². The number of carbonyl (C=O) groups is 1. The lowest BCUT2D eigenvalue weighted by atomic mass is 10.1. The van der Waals surface area contributed by atoms with Gasteiger partial charge in [-0.3, -0.25) is 14.9 Å². The molecule has 1 aromatic carbocycles. The maximum absolute atomic E-state index is 12.6. The quantitative estimate of drug-likeness (QED) is 0.599. The molecule has 21 heavy (non-hydrogen) atoms. The summed E-state index contributed by atoms with van der Waals surface area (Å²) >= 11 is 3.18. The highest BCUT2D eigenvalue weighted by atomic mass is 79.9. The van der Waals surface area contributed by atoms with Gasteiger partial charge in [0.15, 0.2) is 0 Å². The van der Waals surface area contributed by atoms with E-state index in [1.54, 1.807) is 11.0 Å². The number of rotatable bonds is 7. The number of carbonyl (C=O) groups excluding carboxylic acids is 1. The molecule has 1 amide bonds. The monoisotopic (exact) mass is 358 g/mol. The molecule has 1 N–H and O–H groups in total. The molecule has 0 heterocycles. The van der Waals surface area contributed by atoms with Crippen molar-refractivity contribution in [3.63, 3.8) is 0 Å². The number of hydrogen-bond acceptors (Lipinski definition) is 4. The van der Waals surface area contributed by atoms with Crippen LogP contribution in [0.4, 0.5) is 5.69 Å². The molecule has 0 atom stereocenters. The maximum Gasteiger partial charge on any atom is 0.271 e. The number of nitrogens with zero attached hydrogens (tertiary/aromatic N) is 2. The third kappa shape index (κ3) is 4.50. The van der Waals surface area contributed by atoms with E-state index < -0.39 is 4.92 Å². The van der Waals surface area contributed by atoms with Crippen LogP contribution >= 0.6 is 15.9 Å². The Labute approximate surface area is 132 Å². The van der Waals surface area contributed by atoms with Gasteiger partial charge in [0, 0.05) is 34.8 Å². The molecule has 6 nitrogen and oxygen atoms in total. The van der Waals surface area contributed by atoms with Crippen LogP contribution in [-0.4, -0.2) is 40.0 Å². The van der Waals surface area contributed by atoms with E-state index in [9.17, 15) is 14.9 Å². The highest BCUT2D eigenvalue weighted by molar-refractivity contribution is 9.10. The summed E-state index contributed by atoms with van der Waals surface area (Å²) in [6.45, 7) is 4.01.